The van der Waals surface area contributed by atoms with Gasteiger partial charge in [0.1, 0.15) is 6.10 Å². The molecule has 1 aromatic rings. The number of aryl methyl sites for hydroxylation is 1. The normalized spacial score (nSPS) is 18.2. The molecule has 1 N–H and O–H groups in total. The first kappa shape index (κ1) is 10.2. The maximum absolute atomic E-state index is 10.1. The van der Waals surface area contributed by atoms with Crippen molar-refractivity contribution in [2.75, 3.05) is 6.61 Å². The predicted molar refractivity (Wildman–Crippen MR) is 56.2 cm³/mol. The number of nitrogens with zero attached hydrogens (tertiary/aromatic N) is 2. The fourth-order valence-corrected chi connectivity index (χ4v) is 1.77. The first-order valence-electron chi connectivity index (χ1n) is 5.17. The fraction of sp³-hybridized carbons (Fsp3) is 0.545. The Kier molecular flexibility index (Phi) is 2.77. The predicted octanol–water partition coefficient (Wildman–Crippen LogP) is 1.46. The Morgan fingerprint density at radius 2 is 2.40 bits per heavy atom. The first-order valence-corrected chi connectivity index (χ1v) is 5.17. The van der Waals surface area contributed by atoms with Crippen LogP contribution in [0.3, 0.4) is 0 Å². The number of hydrogen-bond acceptors (Lipinski definition) is 3. The molecule has 0 saturated heterocycles. The van der Waals surface area contributed by atoms with Crippen molar-refractivity contribution in [2.45, 2.75) is 25.9 Å². The molecule has 0 spiro atoms. The van der Waals surface area contributed by atoms with Gasteiger partial charge in [-0.1, -0.05) is 0 Å². The van der Waals surface area contributed by atoms with E-state index in [4.69, 9.17) is 4.74 Å². The van der Waals surface area contributed by atoms with Crippen LogP contribution in [0.25, 0.3) is 0 Å². The summed E-state index contributed by atoms with van der Waals surface area (Å²) in [6.07, 6.45) is 4.70. The molecule has 1 aliphatic rings. The fourth-order valence-electron chi connectivity index (χ4n) is 1.77. The molecule has 1 aliphatic heterocycles. The summed E-state index contributed by atoms with van der Waals surface area (Å²) < 4.78 is 6.99. The summed E-state index contributed by atoms with van der Waals surface area (Å²) in [6.45, 7) is 2.71. The molecule has 1 atom stereocenters. The molecule has 2 heterocycles. The third-order valence-electron chi connectivity index (χ3n) is 2.88. The van der Waals surface area contributed by atoms with E-state index in [0.29, 0.717) is 0 Å². The zero-order valence-corrected chi connectivity index (χ0v) is 9.10. The minimum absolute atomic E-state index is 0.570. The third-order valence-corrected chi connectivity index (χ3v) is 2.88. The van der Waals surface area contributed by atoms with Crippen LogP contribution in [-0.4, -0.2) is 21.5 Å². The Labute approximate surface area is 89.2 Å². The monoisotopic (exact) mass is 208 g/mol. The third kappa shape index (κ3) is 1.90. The summed E-state index contributed by atoms with van der Waals surface area (Å²) in [5, 5.41) is 14.3. The Hall–Kier alpha value is -1.29. The molecule has 1 aromatic heterocycles. The topological polar surface area (TPSA) is 47.3 Å². The van der Waals surface area contributed by atoms with E-state index in [1.165, 1.54) is 0 Å². The Balaban J connectivity index is 2.23. The summed E-state index contributed by atoms with van der Waals surface area (Å²) in [5.74, 6) is 0. The number of hydrogen-bond donors (Lipinski definition) is 1. The van der Waals surface area contributed by atoms with Crippen molar-refractivity contribution in [2.24, 2.45) is 7.05 Å². The van der Waals surface area contributed by atoms with Crippen LogP contribution in [0.15, 0.2) is 18.0 Å². The summed E-state index contributed by atoms with van der Waals surface area (Å²) in [6, 6.07) is 0. The highest BCUT2D eigenvalue weighted by molar-refractivity contribution is 5.27. The minimum Gasteiger partial charge on any atom is -0.501 e. The van der Waals surface area contributed by atoms with Crippen molar-refractivity contribution >= 4 is 0 Å². The summed E-state index contributed by atoms with van der Waals surface area (Å²) in [7, 11) is 1.87. The highest BCUT2D eigenvalue weighted by atomic mass is 16.5. The van der Waals surface area contributed by atoms with Crippen LogP contribution < -0.4 is 0 Å². The maximum Gasteiger partial charge on any atom is 0.107 e. The standard InChI is InChI=1S/C11H16N2O2/c1-8-10(6-12-13(8)2)11(14)9-4-3-5-15-7-9/h6-7,11,14H,3-5H2,1-2H3. The quantitative estimate of drug-likeness (QED) is 0.800. The van der Waals surface area contributed by atoms with Gasteiger partial charge in [-0.2, -0.15) is 5.10 Å². The van der Waals surface area contributed by atoms with Gasteiger partial charge in [0, 0.05) is 18.3 Å². The van der Waals surface area contributed by atoms with Crippen molar-refractivity contribution in [3.8, 4) is 0 Å². The van der Waals surface area contributed by atoms with Gasteiger partial charge in [-0.25, -0.2) is 0 Å². The van der Waals surface area contributed by atoms with Crippen molar-refractivity contribution in [1.82, 2.24) is 9.78 Å². The second kappa shape index (κ2) is 4.06. The van der Waals surface area contributed by atoms with Crippen LogP contribution in [0, 0.1) is 6.92 Å². The zero-order chi connectivity index (χ0) is 10.8. The van der Waals surface area contributed by atoms with Crippen LogP contribution in [0.1, 0.15) is 30.2 Å². The van der Waals surface area contributed by atoms with Crippen molar-refractivity contribution in [1.29, 1.82) is 0 Å². The van der Waals surface area contributed by atoms with Crippen molar-refractivity contribution in [3.63, 3.8) is 0 Å². The SMILES string of the molecule is Cc1c(C(O)C2=COCCC2)cnn1C. The highest BCUT2D eigenvalue weighted by Crippen LogP contribution is 2.28. The van der Waals surface area contributed by atoms with Gasteiger partial charge in [-0.3, -0.25) is 4.68 Å². The first-order chi connectivity index (χ1) is 7.20. The van der Waals surface area contributed by atoms with Crippen LogP contribution in [0.2, 0.25) is 0 Å². The molecule has 2 rings (SSSR count). The lowest BCUT2D eigenvalue weighted by Gasteiger charge is -2.18. The second-order valence-electron chi connectivity index (χ2n) is 3.88. The van der Waals surface area contributed by atoms with Gasteiger partial charge < -0.3 is 9.84 Å². The summed E-state index contributed by atoms with van der Waals surface area (Å²) in [5.41, 5.74) is 2.81. The molecule has 0 aromatic carbocycles. The highest BCUT2D eigenvalue weighted by Gasteiger charge is 2.19. The number of rotatable bonds is 2. The maximum atomic E-state index is 10.1. The van der Waals surface area contributed by atoms with Gasteiger partial charge in [0.25, 0.3) is 0 Å². The van der Waals surface area contributed by atoms with Crippen LogP contribution in [-0.2, 0) is 11.8 Å². The summed E-state index contributed by atoms with van der Waals surface area (Å²) >= 11 is 0. The van der Waals surface area contributed by atoms with Gasteiger partial charge in [-0.05, 0) is 25.3 Å². The van der Waals surface area contributed by atoms with Gasteiger partial charge >= 0.3 is 0 Å². The minimum atomic E-state index is -0.570. The summed E-state index contributed by atoms with van der Waals surface area (Å²) in [4.78, 5) is 0. The number of aliphatic hydroxyl groups excluding tert-OH is 1. The molecule has 0 fully saturated rings. The van der Waals surface area contributed by atoms with E-state index in [1.54, 1.807) is 17.1 Å². The van der Waals surface area contributed by atoms with E-state index in [9.17, 15) is 5.11 Å². The largest absolute Gasteiger partial charge is 0.501 e. The van der Waals surface area contributed by atoms with E-state index >= 15 is 0 Å². The van der Waals surface area contributed by atoms with E-state index in [1.807, 2.05) is 14.0 Å². The lowest BCUT2D eigenvalue weighted by molar-refractivity contribution is 0.170. The molecule has 4 heteroatoms. The van der Waals surface area contributed by atoms with Gasteiger partial charge in [0.15, 0.2) is 0 Å². The average Bonchev–Trinajstić information content (AvgIpc) is 2.60. The molecular weight excluding hydrogens is 192 g/mol. The molecule has 1 unspecified atom stereocenters. The van der Waals surface area contributed by atoms with Crippen molar-refractivity contribution in [3.05, 3.63) is 29.3 Å². The molecule has 0 radical (unpaired) electrons. The van der Waals surface area contributed by atoms with E-state index in [0.717, 1.165) is 36.3 Å². The molecule has 82 valence electrons. The molecule has 0 aliphatic carbocycles. The molecule has 4 nitrogen and oxygen atoms in total. The van der Waals surface area contributed by atoms with E-state index in [2.05, 4.69) is 5.10 Å². The van der Waals surface area contributed by atoms with Crippen molar-refractivity contribution < 1.29 is 9.84 Å². The van der Waals surface area contributed by atoms with Crippen LogP contribution in [0.4, 0.5) is 0 Å². The van der Waals surface area contributed by atoms with Gasteiger partial charge in [-0.15, -0.1) is 0 Å². The van der Waals surface area contributed by atoms with Crippen LogP contribution in [0.5, 0.6) is 0 Å². The zero-order valence-electron chi connectivity index (χ0n) is 9.10. The Morgan fingerprint density at radius 3 is 2.93 bits per heavy atom. The molecule has 0 amide bonds. The van der Waals surface area contributed by atoms with E-state index in [-0.39, 0.29) is 0 Å². The molecule has 0 bridgehead atoms. The Morgan fingerprint density at radius 1 is 1.60 bits per heavy atom. The van der Waals surface area contributed by atoms with Gasteiger partial charge in [0.05, 0.1) is 19.1 Å². The average molecular weight is 208 g/mol. The van der Waals surface area contributed by atoms with Crippen LogP contribution >= 0.6 is 0 Å². The smallest absolute Gasteiger partial charge is 0.107 e. The number of aliphatic hydroxyl groups is 1. The Bertz CT molecular complexity index is 382. The number of ether oxygens (including phenoxy) is 1. The second-order valence-corrected chi connectivity index (χ2v) is 3.88. The van der Waals surface area contributed by atoms with E-state index < -0.39 is 6.10 Å². The molecular formula is C11H16N2O2. The number of aromatic nitrogens is 2. The lowest BCUT2D eigenvalue weighted by atomic mass is 9.99. The van der Waals surface area contributed by atoms with Gasteiger partial charge in [0.2, 0.25) is 0 Å². The molecule has 15 heavy (non-hydrogen) atoms. The lowest BCUT2D eigenvalue weighted by Crippen LogP contribution is -2.08. The molecule has 0 saturated carbocycles.